The minimum atomic E-state index is -0.483. The molecule has 0 radical (unpaired) electrons. The highest BCUT2D eigenvalue weighted by Gasteiger charge is 2.19. The first kappa shape index (κ1) is 17.7. The third kappa shape index (κ3) is 3.55. The van der Waals surface area contributed by atoms with Gasteiger partial charge in [-0.05, 0) is 37.3 Å². The molecule has 0 bridgehead atoms. The van der Waals surface area contributed by atoms with Crippen LogP contribution in [0.1, 0.15) is 15.9 Å². The van der Waals surface area contributed by atoms with E-state index in [2.05, 4.69) is 10.4 Å². The van der Waals surface area contributed by atoms with Gasteiger partial charge in [0.2, 0.25) is 0 Å². The number of carbonyl (C=O) groups is 1. The van der Waals surface area contributed by atoms with Crippen molar-refractivity contribution in [2.24, 2.45) is 0 Å². The average Bonchev–Trinajstić information content (AvgIpc) is 3.16. The monoisotopic (exact) mass is 371 g/mol. The Kier molecular flexibility index (Phi) is 4.72. The van der Waals surface area contributed by atoms with Gasteiger partial charge >= 0.3 is 0 Å². The van der Waals surface area contributed by atoms with Gasteiger partial charge in [-0.1, -0.05) is 54.1 Å². The van der Waals surface area contributed by atoms with Crippen molar-refractivity contribution in [2.75, 3.05) is 5.32 Å². The zero-order chi connectivity index (χ0) is 19.5. The van der Waals surface area contributed by atoms with Crippen molar-refractivity contribution < 1.29 is 9.18 Å². The van der Waals surface area contributed by atoms with Crippen LogP contribution in [-0.2, 0) is 0 Å². The Hall–Kier alpha value is -3.73. The van der Waals surface area contributed by atoms with E-state index < -0.39 is 11.7 Å². The number of nitrogens with zero attached hydrogens (tertiary/aromatic N) is 2. The van der Waals surface area contributed by atoms with Crippen LogP contribution in [0.25, 0.3) is 16.9 Å². The van der Waals surface area contributed by atoms with E-state index in [1.807, 2.05) is 61.5 Å². The lowest BCUT2D eigenvalue weighted by atomic mass is 10.1. The first-order valence-corrected chi connectivity index (χ1v) is 8.90. The van der Waals surface area contributed by atoms with E-state index >= 15 is 0 Å². The van der Waals surface area contributed by atoms with Gasteiger partial charge < -0.3 is 5.32 Å². The van der Waals surface area contributed by atoms with Crippen LogP contribution in [-0.4, -0.2) is 15.7 Å². The Morgan fingerprint density at radius 3 is 2.46 bits per heavy atom. The number of rotatable bonds is 4. The van der Waals surface area contributed by atoms with Crippen LogP contribution >= 0.6 is 0 Å². The normalized spacial score (nSPS) is 10.6. The van der Waals surface area contributed by atoms with E-state index in [9.17, 15) is 9.18 Å². The third-order valence-electron chi connectivity index (χ3n) is 4.39. The number of para-hydroxylation sites is 2. The van der Waals surface area contributed by atoms with E-state index in [0.717, 1.165) is 16.8 Å². The first-order valence-electron chi connectivity index (χ1n) is 8.90. The van der Waals surface area contributed by atoms with Gasteiger partial charge in [0, 0.05) is 11.8 Å². The summed E-state index contributed by atoms with van der Waals surface area (Å²) in [6.07, 6.45) is 1.67. The molecular formula is C23H18FN3O. The number of nitrogens with one attached hydrogen (secondary N) is 1. The summed E-state index contributed by atoms with van der Waals surface area (Å²) >= 11 is 0. The largest absolute Gasteiger partial charge is 0.319 e. The summed E-state index contributed by atoms with van der Waals surface area (Å²) in [5.74, 6) is -0.896. The zero-order valence-corrected chi connectivity index (χ0v) is 15.3. The molecule has 0 fully saturated rings. The zero-order valence-electron chi connectivity index (χ0n) is 15.3. The van der Waals surface area contributed by atoms with Crippen LogP contribution in [0.5, 0.6) is 0 Å². The molecule has 0 spiro atoms. The number of aromatic nitrogens is 2. The summed E-state index contributed by atoms with van der Waals surface area (Å²) in [4.78, 5) is 13.0. The first-order chi connectivity index (χ1) is 13.6. The van der Waals surface area contributed by atoms with Gasteiger partial charge in [-0.3, -0.25) is 4.79 Å². The minimum Gasteiger partial charge on any atom is -0.319 e. The topological polar surface area (TPSA) is 46.9 Å². The molecule has 0 saturated heterocycles. The Labute approximate surface area is 162 Å². The average molecular weight is 371 g/mol. The third-order valence-corrected chi connectivity index (χ3v) is 4.39. The van der Waals surface area contributed by atoms with E-state index in [-0.39, 0.29) is 5.69 Å². The highest BCUT2D eigenvalue weighted by atomic mass is 19.1. The van der Waals surface area contributed by atoms with Gasteiger partial charge in [0.05, 0.1) is 16.9 Å². The molecule has 1 heterocycles. The van der Waals surface area contributed by atoms with Crippen LogP contribution in [0.15, 0.2) is 85.1 Å². The molecule has 0 saturated carbocycles. The van der Waals surface area contributed by atoms with Crippen molar-refractivity contribution in [1.29, 1.82) is 0 Å². The molecule has 4 nitrogen and oxygen atoms in total. The van der Waals surface area contributed by atoms with E-state index in [1.54, 1.807) is 23.0 Å². The Morgan fingerprint density at radius 2 is 1.71 bits per heavy atom. The smallest absolute Gasteiger partial charge is 0.259 e. The molecular weight excluding hydrogens is 353 g/mol. The van der Waals surface area contributed by atoms with Crippen molar-refractivity contribution in [1.82, 2.24) is 9.78 Å². The molecule has 1 N–H and O–H groups in total. The molecule has 1 aromatic heterocycles. The summed E-state index contributed by atoms with van der Waals surface area (Å²) in [5.41, 5.74) is 3.77. The number of benzene rings is 3. The van der Waals surface area contributed by atoms with Crippen molar-refractivity contribution >= 4 is 11.6 Å². The lowest BCUT2D eigenvalue weighted by Gasteiger charge is -2.06. The molecule has 28 heavy (non-hydrogen) atoms. The van der Waals surface area contributed by atoms with Gasteiger partial charge in [0.25, 0.3) is 5.91 Å². The number of anilines is 1. The SMILES string of the molecule is Cc1cccc(-c2nn(-c3ccccc3)cc2C(=O)Nc2ccccc2F)c1. The highest BCUT2D eigenvalue weighted by molar-refractivity contribution is 6.08. The Morgan fingerprint density at radius 1 is 0.964 bits per heavy atom. The molecule has 5 heteroatoms. The van der Waals surface area contributed by atoms with E-state index in [1.165, 1.54) is 12.1 Å². The fourth-order valence-corrected chi connectivity index (χ4v) is 3.01. The molecule has 0 unspecified atom stereocenters. The fraction of sp³-hybridized carbons (Fsp3) is 0.0435. The van der Waals surface area contributed by atoms with Crippen LogP contribution in [0.3, 0.4) is 0 Å². The number of carbonyl (C=O) groups excluding carboxylic acids is 1. The van der Waals surface area contributed by atoms with Gasteiger partial charge in [-0.15, -0.1) is 0 Å². The Balaban J connectivity index is 1.79. The van der Waals surface area contributed by atoms with Gasteiger partial charge in [-0.25, -0.2) is 9.07 Å². The maximum atomic E-state index is 14.0. The van der Waals surface area contributed by atoms with Gasteiger partial charge in [-0.2, -0.15) is 5.10 Å². The lowest BCUT2D eigenvalue weighted by Crippen LogP contribution is -2.13. The van der Waals surface area contributed by atoms with Crippen molar-refractivity contribution in [3.8, 4) is 16.9 Å². The lowest BCUT2D eigenvalue weighted by molar-refractivity contribution is 0.102. The molecule has 4 aromatic rings. The standard InChI is InChI=1S/C23H18FN3O/c1-16-8-7-9-17(14-16)22-19(15-27(26-22)18-10-3-2-4-11-18)23(28)25-21-13-6-5-12-20(21)24/h2-15H,1H3,(H,25,28). The number of aryl methyl sites for hydroxylation is 1. The summed E-state index contributed by atoms with van der Waals surface area (Å²) in [6.45, 7) is 1.98. The molecule has 0 atom stereocenters. The summed E-state index contributed by atoms with van der Waals surface area (Å²) in [7, 11) is 0. The van der Waals surface area contributed by atoms with Crippen molar-refractivity contribution in [3.05, 3.63) is 102 Å². The predicted octanol–water partition coefficient (Wildman–Crippen LogP) is 5.24. The van der Waals surface area contributed by atoms with Crippen LogP contribution < -0.4 is 5.32 Å². The van der Waals surface area contributed by atoms with Crippen LogP contribution in [0.4, 0.5) is 10.1 Å². The molecule has 1 amide bonds. The van der Waals surface area contributed by atoms with Crippen LogP contribution in [0.2, 0.25) is 0 Å². The number of amides is 1. The maximum Gasteiger partial charge on any atom is 0.259 e. The second-order valence-electron chi connectivity index (χ2n) is 6.47. The second kappa shape index (κ2) is 7.48. The molecule has 3 aromatic carbocycles. The minimum absolute atomic E-state index is 0.134. The molecule has 0 aliphatic carbocycles. The van der Waals surface area contributed by atoms with Gasteiger partial charge in [0.1, 0.15) is 11.5 Å². The predicted molar refractivity (Wildman–Crippen MR) is 108 cm³/mol. The molecule has 0 aliphatic heterocycles. The van der Waals surface area contributed by atoms with Crippen molar-refractivity contribution in [3.63, 3.8) is 0 Å². The second-order valence-corrected chi connectivity index (χ2v) is 6.47. The van der Waals surface area contributed by atoms with E-state index in [4.69, 9.17) is 0 Å². The molecule has 138 valence electrons. The summed E-state index contributed by atoms with van der Waals surface area (Å²) in [5, 5.41) is 7.29. The molecule has 4 rings (SSSR count). The fourth-order valence-electron chi connectivity index (χ4n) is 3.01. The molecule has 0 aliphatic rings. The summed E-state index contributed by atoms with van der Waals surface area (Å²) < 4.78 is 15.6. The highest BCUT2D eigenvalue weighted by Crippen LogP contribution is 2.26. The Bertz CT molecular complexity index is 1140. The van der Waals surface area contributed by atoms with Crippen molar-refractivity contribution in [2.45, 2.75) is 6.92 Å². The van der Waals surface area contributed by atoms with E-state index in [0.29, 0.717) is 11.3 Å². The van der Waals surface area contributed by atoms with Gasteiger partial charge in [0.15, 0.2) is 0 Å². The number of halogens is 1. The number of hydrogen-bond acceptors (Lipinski definition) is 2. The quantitative estimate of drug-likeness (QED) is 0.533. The maximum absolute atomic E-state index is 14.0. The van der Waals surface area contributed by atoms with Crippen LogP contribution in [0, 0.1) is 12.7 Å². The number of hydrogen-bond donors (Lipinski definition) is 1. The summed E-state index contributed by atoms with van der Waals surface area (Å²) in [6, 6.07) is 23.4.